The standard InChI is InChI=1S/C11H10FN3/c12-10-2-1-8(13)7-11(10)15-9-3-5-14-6-4-9/h1-7H,13H2,(H,14,15). The van der Waals surface area contributed by atoms with E-state index in [1.165, 1.54) is 12.1 Å². The quantitative estimate of drug-likeness (QED) is 0.737. The fourth-order valence-corrected chi connectivity index (χ4v) is 1.23. The Morgan fingerprint density at radius 1 is 1.13 bits per heavy atom. The fourth-order valence-electron chi connectivity index (χ4n) is 1.23. The monoisotopic (exact) mass is 203 g/mol. The third-order valence-corrected chi connectivity index (χ3v) is 1.95. The second-order valence-corrected chi connectivity index (χ2v) is 3.10. The molecular weight excluding hydrogens is 193 g/mol. The average Bonchev–Trinajstić information content (AvgIpc) is 2.25. The van der Waals surface area contributed by atoms with E-state index in [2.05, 4.69) is 10.3 Å². The molecule has 0 bridgehead atoms. The maximum atomic E-state index is 13.3. The van der Waals surface area contributed by atoms with Gasteiger partial charge in [-0.15, -0.1) is 0 Å². The van der Waals surface area contributed by atoms with Crippen molar-refractivity contribution in [2.75, 3.05) is 11.1 Å². The Kier molecular flexibility index (Phi) is 2.49. The molecule has 15 heavy (non-hydrogen) atoms. The van der Waals surface area contributed by atoms with E-state index < -0.39 is 0 Å². The summed E-state index contributed by atoms with van der Waals surface area (Å²) < 4.78 is 13.3. The predicted octanol–water partition coefficient (Wildman–Crippen LogP) is 2.55. The van der Waals surface area contributed by atoms with Crippen molar-refractivity contribution in [3.63, 3.8) is 0 Å². The van der Waals surface area contributed by atoms with Crippen LogP contribution in [0, 0.1) is 5.82 Å². The fraction of sp³-hybridized carbons (Fsp3) is 0. The molecule has 1 heterocycles. The number of rotatable bonds is 2. The molecule has 0 saturated heterocycles. The molecule has 0 atom stereocenters. The normalized spacial score (nSPS) is 9.93. The number of nitrogens with zero attached hydrogens (tertiary/aromatic N) is 1. The number of nitrogens with one attached hydrogen (secondary N) is 1. The first-order chi connectivity index (χ1) is 7.25. The van der Waals surface area contributed by atoms with Crippen molar-refractivity contribution in [1.82, 2.24) is 4.98 Å². The van der Waals surface area contributed by atoms with Crippen LogP contribution >= 0.6 is 0 Å². The molecule has 1 aromatic heterocycles. The highest BCUT2D eigenvalue weighted by Gasteiger charge is 2.02. The lowest BCUT2D eigenvalue weighted by Gasteiger charge is -2.07. The molecule has 0 spiro atoms. The molecule has 0 amide bonds. The summed E-state index contributed by atoms with van der Waals surface area (Å²) in [6.07, 6.45) is 3.26. The topological polar surface area (TPSA) is 50.9 Å². The van der Waals surface area contributed by atoms with Crippen LogP contribution in [0.25, 0.3) is 0 Å². The molecule has 3 N–H and O–H groups in total. The van der Waals surface area contributed by atoms with Crippen LogP contribution in [0.3, 0.4) is 0 Å². The van der Waals surface area contributed by atoms with Gasteiger partial charge >= 0.3 is 0 Å². The Bertz CT molecular complexity index is 457. The Morgan fingerprint density at radius 3 is 2.60 bits per heavy atom. The number of hydrogen-bond acceptors (Lipinski definition) is 3. The highest BCUT2D eigenvalue weighted by atomic mass is 19.1. The number of halogens is 1. The second kappa shape index (κ2) is 3.96. The first-order valence-electron chi connectivity index (χ1n) is 4.48. The zero-order valence-corrected chi connectivity index (χ0v) is 7.94. The van der Waals surface area contributed by atoms with E-state index in [1.807, 2.05) is 0 Å². The Labute approximate surface area is 86.8 Å². The van der Waals surface area contributed by atoms with Gasteiger partial charge in [0.2, 0.25) is 0 Å². The molecule has 4 heteroatoms. The van der Waals surface area contributed by atoms with Crippen molar-refractivity contribution in [3.05, 3.63) is 48.5 Å². The minimum absolute atomic E-state index is 0.332. The smallest absolute Gasteiger partial charge is 0.146 e. The van der Waals surface area contributed by atoms with Crippen LogP contribution in [-0.4, -0.2) is 4.98 Å². The van der Waals surface area contributed by atoms with Gasteiger partial charge in [-0.25, -0.2) is 4.39 Å². The second-order valence-electron chi connectivity index (χ2n) is 3.10. The number of aromatic nitrogens is 1. The lowest BCUT2D eigenvalue weighted by atomic mass is 10.2. The van der Waals surface area contributed by atoms with Crippen LogP contribution < -0.4 is 11.1 Å². The summed E-state index contributed by atoms with van der Waals surface area (Å²) in [7, 11) is 0. The van der Waals surface area contributed by atoms with Crippen LogP contribution in [0.4, 0.5) is 21.5 Å². The van der Waals surface area contributed by atoms with Crippen LogP contribution in [0.2, 0.25) is 0 Å². The lowest BCUT2D eigenvalue weighted by molar-refractivity contribution is 0.632. The highest BCUT2D eigenvalue weighted by Crippen LogP contribution is 2.21. The van der Waals surface area contributed by atoms with Gasteiger partial charge in [0.25, 0.3) is 0 Å². The van der Waals surface area contributed by atoms with Crippen LogP contribution in [-0.2, 0) is 0 Å². The molecule has 0 fully saturated rings. The van der Waals surface area contributed by atoms with Crippen molar-refractivity contribution < 1.29 is 4.39 Å². The summed E-state index contributed by atoms with van der Waals surface area (Å²) in [4.78, 5) is 3.87. The van der Waals surface area contributed by atoms with E-state index in [0.717, 1.165) is 5.69 Å². The van der Waals surface area contributed by atoms with E-state index >= 15 is 0 Å². The summed E-state index contributed by atoms with van der Waals surface area (Å²) >= 11 is 0. The third-order valence-electron chi connectivity index (χ3n) is 1.95. The third kappa shape index (κ3) is 2.22. The zero-order chi connectivity index (χ0) is 10.7. The molecule has 0 aliphatic carbocycles. The molecule has 0 radical (unpaired) electrons. The van der Waals surface area contributed by atoms with E-state index in [1.54, 1.807) is 30.6 Å². The summed E-state index contributed by atoms with van der Waals surface area (Å²) in [6, 6.07) is 7.91. The van der Waals surface area contributed by atoms with E-state index in [-0.39, 0.29) is 5.82 Å². The Morgan fingerprint density at radius 2 is 1.87 bits per heavy atom. The number of pyridine rings is 1. The number of anilines is 3. The van der Waals surface area contributed by atoms with E-state index in [0.29, 0.717) is 11.4 Å². The zero-order valence-electron chi connectivity index (χ0n) is 7.94. The van der Waals surface area contributed by atoms with Gasteiger partial charge in [-0.05, 0) is 30.3 Å². The van der Waals surface area contributed by atoms with Gasteiger partial charge in [0.05, 0.1) is 5.69 Å². The van der Waals surface area contributed by atoms with Crippen molar-refractivity contribution >= 4 is 17.1 Å². The number of benzene rings is 1. The van der Waals surface area contributed by atoms with E-state index in [9.17, 15) is 4.39 Å². The van der Waals surface area contributed by atoms with Gasteiger partial charge in [-0.3, -0.25) is 4.98 Å². The largest absolute Gasteiger partial charge is 0.399 e. The molecule has 0 aliphatic rings. The predicted molar refractivity (Wildman–Crippen MR) is 58.3 cm³/mol. The molecule has 0 saturated carbocycles. The minimum atomic E-state index is -0.332. The highest BCUT2D eigenvalue weighted by molar-refractivity contribution is 5.63. The van der Waals surface area contributed by atoms with Gasteiger partial charge in [0.1, 0.15) is 5.82 Å². The average molecular weight is 203 g/mol. The lowest BCUT2D eigenvalue weighted by Crippen LogP contribution is -1.95. The molecule has 3 nitrogen and oxygen atoms in total. The minimum Gasteiger partial charge on any atom is -0.399 e. The van der Waals surface area contributed by atoms with Crippen LogP contribution in [0.1, 0.15) is 0 Å². The van der Waals surface area contributed by atoms with Gasteiger partial charge in [0.15, 0.2) is 0 Å². The van der Waals surface area contributed by atoms with Crippen molar-refractivity contribution in [2.45, 2.75) is 0 Å². The van der Waals surface area contributed by atoms with Gasteiger partial charge in [-0.2, -0.15) is 0 Å². The maximum absolute atomic E-state index is 13.3. The molecule has 0 aliphatic heterocycles. The number of nitrogens with two attached hydrogens (primary N) is 1. The van der Waals surface area contributed by atoms with Gasteiger partial charge in [-0.1, -0.05) is 0 Å². The molecule has 76 valence electrons. The molecule has 0 unspecified atom stereocenters. The van der Waals surface area contributed by atoms with Crippen LogP contribution in [0.5, 0.6) is 0 Å². The van der Waals surface area contributed by atoms with Crippen molar-refractivity contribution in [1.29, 1.82) is 0 Å². The first-order valence-corrected chi connectivity index (χ1v) is 4.48. The number of hydrogen-bond donors (Lipinski definition) is 2. The van der Waals surface area contributed by atoms with Gasteiger partial charge < -0.3 is 11.1 Å². The molecular formula is C11H10FN3. The van der Waals surface area contributed by atoms with Crippen molar-refractivity contribution in [2.24, 2.45) is 0 Å². The Balaban J connectivity index is 2.28. The van der Waals surface area contributed by atoms with Gasteiger partial charge in [0, 0.05) is 23.8 Å². The summed E-state index contributed by atoms with van der Waals surface area (Å²) in [5.41, 5.74) is 7.22. The Hall–Kier alpha value is -2.10. The summed E-state index contributed by atoms with van der Waals surface area (Å²) in [5, 5.41) is 2.92. The maximum Gasteiger partial charge on any atom is 0.146 e. The molecule has 2 aromatic rings. The number of nitrogen functional groups attached to an aromatic ring is 1. The van der Waals surface area contributed by atoms with Crippen LogP contribution in [0.15, 0.2) is 42.7 Å². The van der Waals surface area contributed by atoms with Crippen molar-refractivity contribution in [3.8, 4) is 0 Å². The molecule has 2 rings (SSSR count). The first kappa shape index (κ1) is 9.45. The van der Waals surface area contributed by atoms with E-state index in [4.69, 9.17) is 5.73 Å². The molecule has 1 aromatic carbocycles. The SMILES string of the molecule is Nc1ccc(F)c(Nc2ccncc2)c1. The summed E-state index contributed by atoms with van der Waals surface area (Å²) in [5.74, 6) is -0.332. The summed E-state index contributed by atoms with van der Waals surface area (Å²) in [6.45, 7) is 0.